The van der Waals surface area contributed by atoms with Gasteiger partial charge in [0.2, 0.25) is 10.0 Å². The lowest BCUT2D eigenvalue weighted by Gasteiger charge is -2.18. The molecule has 0 saturated carbocycles. The largest absolute Gasteiger partial charge is 0.389 e. The molecule has 0 saturated heterocycles. The number of hydrogen-bond acceptors (Lipinski definition) is 3. The summed E-state index contributed by atoms with van der Waals surface area (Å²) in [6.45, 7) is 6.72. The Kier molecular flexibility index (Phi) is 4.59. The van der Waals surface area contributed by atoms with Gasteiger partial charge in [0.1, 0.15) is 0 Å². The molecule has 102 valence electrons. The summed E-state index contributed by atoms with van der Waals surface area (Å²) in [6.07, 6.45) is 0. The zero-order valence-corrected chi connectivity index (χ0v) is 13.3. The molecular weight excluding hydrogens is 318 g/mol. The van der Waals surface area contributed by atoms with Crippen LogP contribution in [0.1, 0.15) is 25.0 Å². The van der Waals surface area contributed by atoms with Gasteiger partial charge in [-0.05, 0) is 44.9 Å². The quantitative estimate of drug-likeness (QED) is 0.885. The van der Waals surface area contributed by atoms with Crippen molar-refractivity contribution in [1.29, 1.82) is 0 Å². The predicted molar refractivity (Wildman–Crippen MR) is 75.1 cm³/mol. The molecule has 1 aromatic rings. The fourth-order valence-corrected chi connectivity index (χ4v) is 3.40. The number of hydrogen-bond donors (Lipinski definition) is 2. The van der Waals surface area contributed by atoms with Crippen molar-refractivity contribution in [3.8, 4) is 0 Å². The third-order valence-corrected chi connectivity index (χ3v) is 4.84. The van der Waals surface area contributed by atoms with Gasteiger partial charge in [-0.2, -0.15) is 0 Å². The summed E-state index contributed by atoms with van der Waals surface area (Å²) < 4.78 is 27.4. The van der Waals surface area contributed by atoms with E-state index in [1.807, 2.05) is 13.0 Å². The zero-order chi connectivity index (χ0) is 14.1. The van der Waals surface area contributed by atoms with Gasteiger partial charge >= 0.3 is 0 Å². The second-order valence-corrected chi connectivity index (χ2v) is 7.59. The number of sulfonamides is 1. The molecule has 0 bridgehead atoms. The Balaban J connectivity index is 3.10. The maximum absolute atomic E-state index is 12.1. The molecule has 0 unspecified atom stereocenters. The van der Waals surface area contributed by atoms with Gasteiger partial charge < -0.3 is 5.11 Å². The molecule has 1 aromatic carbocycles. The Bertz CT molecular complexity index is 547. The first-order valence-corrected chi connectivity index (χ1v) is 7.79. The summed E-state index contributed by atoms with van der Waals surface area (Å²) in [4.78, 5) is 0.226. The normalized spacial score (nSPS) is 12.8. The van der Waals surface area contributed by atoms with Crippen molar-refractivity contribution >= 4 is 26.0 Å². The fourth-order valence-electron chi connectivity index (χ4n) is 1.45. The molecule has 2 N–H and O–H groups in total. The third-order valence-electron chi connectivity index (χ3n) is 2.44. The van der Waals surface area contributed by atoms with Gasteiger partial charge in [0.15, 0.2) is 0 Å². The van der Waals surface area contributed by atoms with Crippen LogP contribution in [0.2, 0.25) is 0 Å². The Hall–Kier alpha value is -0.430. The standard InChI is InChI=1S/C12H18BrNO3S/c1-8-5-9(2)11(6-10(8)13)18(16,17)14-7-12(3,4)15/h5-6,14-15H,7H2,1-4H3. The van der Waals surface area contributed by atoms with Crippen molar-refractivity contribution in [2.24, 2.45) is 0 Å². The highest BCUT2D eigenvalue weighted by Crippen LogP contribution is 2.24. The van der Waals surface area contributed by atoms with Gasteiger partial charge in [0, 0.05) is 11.0 Å². The van der Waals surface area contributed by atoms with Gasteiger partial charge in [-0.15, -0.1) is 0 Å². The van der Waals surface area contributed by atoms with Crippen molar-refractivity contribution < 1.29 is 13.5 Å². The van der Waals surface area contributed by atoms with Gasteiger partial charge in [-0.1, -0.05) is 22.0 Å². The van der Waals surface area contributed by atoms with Gasteiger partial charge in [0.25, 0.3) is 0 Å². The Morgan fingerprint density at radius 2 is 1.83 bits per heavy atom. The summed E-state index contributed by atoms with van der Waals surface area (Å²) >= 11 is 3.32. The maximum Gasteiger partial charge on any atom is 0.240 e. The highest BCUT2D eigenvalue weighted by molar-refractivity contribution is 9.10. The van der Waals surface area contributed by atoms with Gasteiger partial charge in [0.05, 0.1) is 10.5 Å². The summed E-state index contributed by atoms with van der Waals surface area (Å²) in [5.41, 5.74) is 0.580. The molecule has 18 heavy (non-hydrogen) atoms. The molecule has 4 nitrogen and oxygen atoms in total. The van der Waals surface area contributed by atoms with E-state index in [-0.39, 0.29) is 11.4 Å². The number of nitrogens with one attached hydrogen (secondary N) is 1. The number of benzene rings is 1. The monoisotopic (exact) mass is 335 g/mol. The molecule has 0 heterocycles. The summed E-state index contributed by atoms with van der Waals surface area (Å²) in [5, 5.41) is 9.56. The minimum atomic E-state index is -3.60. The Labute approximate surface area is 117 Å². The van der Waals surface area contributed by atoms with Crippen LogP contribution in [-0.2, 0) is 10.0 Å². The van der Waals surface area contributed by atoms with Crippen LogP contribution in [0.4, 0.5) is 0 Å². The summed E-state index contributed by atoms with van der Waals surface area (Å²) in [5.74, 6) is 0. The number of halogens is 1. The molecule has 0 aromatic heterocycles. The second-order valence-electron chi connectivity index (χ2n) is 5.00. The van der Waals surface area contributed by atoms with E-state index < -0.39 is 15.6 Å². The smallest absolute Gasteiger partial charge is 0.240 e. The average Bonchev–Trinajstić information content (AvgIpc) is 2.19. The lowest BCUT2D eigenvalue weighted by molar-refractivity contribution is 0.0857. The van der Waals surface area contributed by atoms with E-state index in [1.54, 1.807) is 26.8 Å². The first-order valence-electron chi connectivity index (χ1n) is 5.52. The van der Waals surface area contributed by atoms with E-state index >= 15 is 0 Å². The van der Waals surface area contributed by atoms with E-state index in [1.165, 1.54) is 0 Å². The van der Waals surface area contributed by atoms with Crippen LogP contribution in [0.15, 0.2) is 21.5 Å². The molecular formula is C12H18BrNO3S. The molecule has 0 fully saturated rings. The summed E-state index contributed by atoms with van der Waals surface area (Å²) in [7, 11) is -3.60. The van der Waals surface area contributed by atoms with Crippen LogP contribution in [0.3, 0.4) is 0 Å². The maximum atomic E-state index is 12.1. The van der Waals surface area contributed by atoms with Crippen LogP contribution in [0, 0.1) is 13.8 Å². The first kappa shape index (κ1) is 15.6. The lowest BCUT2D eigenvalue weighted by atomic mass is 10.1. The van der Waals surface area contributed by atoms with Crippen LogP contribution in [-0.4, -0.2) is 25.7 Å². The molecule has 0 radical (unpaired) electrons. The van der Waals surface area contributed by atoms with E-state index in [9.17, 15) is 13.5 Å². The lowest BCUT2D eigenvalue weighted by Crippen LogP contribution is -2.38. The van der Waals surface area contributed by atoms with E-state index in [2.05, 4.69) is 20.7 Å². The van der Waals surface area contributed by atoms with Gasteiger partial charge in [-0.25, -0.2) is 13.1 Å². The second kappa shape index (κ2) is 5.28. The number of rotatable bonds is 4. The van der Waals surface area contributed by atoms with Crippen LogP contribution in [0.25, 0.3) is 0 Å². The Morgan fingerprint density at radius 1 is 1.28 bits per heavy atom. The molecule has 0 atom stereocenters. The summed E-state index contributed by atoms with van der Waals surface area (Å²) in [6, 6.07) is 3.39. The molecule has 0 aliphatic heterocycles. The number of aryl methyl sites for hydroxylation is 2. The van der Waals surface area contributed by atoms with Crippen molar-refractivity contribution in [3.05, 3.63) is 27.7 Å². The number of aliphatic hydroxyl groups is 1. The van der Waals surface area contributed by atoms with Crippen LogP contribution < -0.4 is 4.72 Å². The van der Waals surface area contributed by atoms with Crippen LogP contribution in [0.5, 0.6) is 0 Å². The fraction of sp³-hybridized carbons (Fsp3) is 0.500. The molecule has 0 amide bonds. The van der Waals surface area contributed by atoms with Crippen molar-refractivity contribution in [1.82, 2.24) is 4.72 Å². The topological polar surface area (TPSA) is 66.4 Å². The third kappa shape index (κ3) is 4.05. The van der Waals surface area contributed by atoms with E-state index in [0.717, 1.165) is 10.0 Å². The minimum Gasteiger partial charge on any atom is -0.389 e. The highest BCUT2D eigenvalue weighted by Gasteiger charge is 2.21. The zero-order valence-electron chi connectivity index (χ0n) is 10.9. The molecule has 1 rings (SSSR count). The molecule has 0 spiro atoms. The predicted octanol–water partition coefficient (Wildman–Crippen LogP) is 2.12. The van der Waals surface area contributed by atoms with Gasteiger partial charge in [-0.3, -0.25) is 0 Å². The highest BCUT2D eigenvalue weighted by atomic mass is 79.9. The minimum absolute atomic E-state index is 0.0275. The Morgan fingerprint density at radius 3 is 2.33 bits per heavy atom. The molecule has 0 aliphatic carbocycles. The van der Waals surface area contributed by atoms with E-state index in [0.29, 0.717) is 5.56 Å². The first-order chi connectivity index (χ1) is 8.03. The van der Waals surface area contributed by atoms with Crippen molar-refractivity contribution in [2.45, 2.75) is 38.2 Å². The van der Waals surface area contributed by atoms with Crippen molar-refractivity contribution in [2.75, 3.05) is 6.54 Å². The van der Waals surface area contributed by atoms with Crippen LogP contribution >= 0.6 is 15.9 Å². The SMILES string of the molecule is Cc1cc(C)c(S(=O)(=O)NCC(C)(C)O)cc1Br. The molecule has 6 heteroatoms. The van der Waals surface area contributed by atoms with Crippen molar-refractivity contribution in [3.63, 3.8) is 0 Å². The van der Waals surface area contributed by atoms with E-state index in [4.69, 9.17) is 0 Å². The molecule has 0 aliphatic rings. The average molecular weight is 336 g/mol.